The first-order chi connectivity index (χ1) is 10.4. The summed E-state index contributed by atoms with van der Waals surface area (Å²) >= 11 is 1.76. The number of thioether (sulfide) groups is 1. The minimum atomic E-state index is -0.246. The van der Waals surface area contributed by atoms with Crippen LogP contribution in [0.1, 0.15) is 33.3 Å². The third-order valence-corrected chi connectivity index (χ3v) is 6.02. The van der Waals surface area contributed by atoms with Crippen LogP contribution in [0, 0.1) is 24.7 Å². The van der Waals surface area contributed by atoms with E-state index in [1.165, 1.54) is 17.4 Å². The molecule has 122 valence electrons. The Balaban J connectivity index is 2.05. The van der Waals surface area contributed by atoms with E-state index in [9.17, 15) is 4.79 Å². The van der Waals surface area contributed by atoms with Crippen molar-refractivity contribution in [1.29, 1.82) is 0 Å². The summed E-state index contributed by atoms with van der Waals surface area (Å²) in [6.45, 7) is 10.6. The molecule has 0 N–H and O–H groups in total. The van der Waals surface area contributed by atoms with Crippen molar-refractivity contribution >= 4 is 17.7 Å². The van der Waals surface area contributed by atoms with Crippen molar-refractivity contribution < 1.29 is 14.3 Å². The van der Waals surface area contributed by atoms with Gasteiger partial charge in [0.25, 0.3) is 0 Å². The SMILES string of the molecule is CC(=O)OCC1O[C@@H](Sc2ccc(C)cc2)C(C)[C@@H](C)[C@H]1C. The number of benzene rings is 1. The Kier molecular flexibility index (Phi) is 5.93. The zero-order valence-corrected chi connectivity index (χ0v) is 14.9. The Morgan fingerprint density at radius 2 is 1.77 bits per heavy atom. The number of rotatable bonds is 4. The molecule has 1 aromatic rings. The van der Waals surface area contributed by atoms with Crippen molar-refractivity contribution in [2.45, 2.75) is 51.1 Å². The highest BCUT2D eigenvalue weighted by Gasteiger charge is 2.39. The molecule has 1 fully saturated rings. The van der Waals surface area contributed by atoms with Crippen LogP contribution in [0.25, 0.3) is 0 Å². The maximum Gasteiger partial charge on any atom is 0.302 e. The first-order valence-corrected chi connectivity index (χ1v) is 8.78. The van der Waals surface area contributed by atoms with Crippen LogP contribution in [0.15, 0.2) is 29.2 Å². The molecule has 1 aromatic carbocycles. The summed E-state index contributed by atoms with van der Waals surface area (Å²) in [5, 5.41) is 0. The van der Waals surface area contributed by atoms with E-state index in [4.69, 9.17) is 9.47 Å². The molecule has 0 aromatic heterocycles. The van der Waals surface area contributed by atoms with Gasteiger partial charge in [0, 0.05) is 11.8 Å². The Labute approximate surface area is 137 Å². The molecule has 22 heavy (non-hydrogen) atoms. The lowest BCUT2D eigenvalue weighted by Crippen LogP contribution is -2.45. The van der Waals surface area contributed by atoms with Crippen molar-refractivity contribution in [2.24, 2.45) is 17.8 Å². The summed E-state index contributed by atoms with van der Waals surface area (Å²) in [6, 6.07) is 8.52. The molecule has 1 aliphatic heterocycles. The second-order valence-corrected chi connectivity index (χ2v) is 7.53. The molecule has 0 amide bonds. The number of ether oxygens (including phenoxy) is 2. The Morgan fingerprint density at radius 1 is 1.14 bits per heavy atom. The molecule has 1 heterocycles. The van der Waals surface area contributed by atoms with Gasteiger partial charge in [-0.1, -0.05) is 50.2 Å². The lowest BCUT2D eigenvalue weighted by Gasteiger charge is -2.43. The van der Waals surface area contributed by atoms with Crippen LogP contribution in [0.4, 0.5) is 0 Å². The zero-order chi connectivity index (χ0) is 16.3. The summed E-state index contributed by atoms with van der Waals surface area (Å²) in [5.74, 6) is 1.11. The summed E-state index contributed by atoms with van der Waals surface area (Å²) < 4.78 is 11.4. The average molecular weight is 322 g/mol. The molecule has 0 bridgehead atoms. The van der Waals surface area contributed by atoms with E-state index in [1.807, 2.05) is 0 Å². The molecule has 0 aliphatic carbocycles. The van der Waals surface area contributed by atoms with Crippen molar-refractivity contribution in [3.8, 4) is 0 Å². The first kappa shape index (κ1) is 17.4. The molecule has 2 rings (SSSR count). The number of hydrogen-bond donors (Lipinski definition) is 0. The molecule has 2 unspecified atom stereocenters. The van der Waals surface area contributed by atoms with E-state index in [0.29, 0.717) is 24.4 Å². The predicted octanol–water partition coefficient (Wildman–Crippen LogP) is 4.28. The maximum atomic E-state index is 11.1. The van der Waals surface area contributed by atoms with E-state index in [-0.39, 0.29) is 17.5 Å². The van der Waals surface area contributed by atoms with Gasteiger partial charge in [0.15, 0.2) is 0 Å². The molecular weight excluding hydrogens is 296 g/mol. The number of carbonyl (C=O) groups is 1. The first-order valence-electron chi connectivity index (χ1n) is 7.90. The van der Waals surface area contributed by atoms with Gasteiger partial charge in [-0.05, 0) is 36.8 Å². The van der Waals surface area contributed by atoms with Gasteiger partial charge in [-0.2, -0.15) is 0 Å². The number of hydrogen-bond acceptors (Lipinski definition) is 4. The van der Waals surface area contributed by atoms with Crippen LogP contribution >= 0.6 is 11.8 Å². The predicted molar refractivity (Wildman–Crippen MR) is 89.8 cm³/mol. The lowest BCUT2D eigenvalue weighted by molar-refractivity contribution is -0.156. The molecule has 0 spiro atoms. The van der Waals surface area contributed by atoms with Gasteiger partial charge in [0.2, 0.25) is 0 Å². The highest BCUT2D eigenvalue weighted by Crippen LogP contribution is 2.41. The molecule has 4 heteroatoms. The molecular formula is C18H26O3S. The lowest BCUT2D eigenvalue weighted by atomic mass is 9.80. The van der Waals surface area contributed by atoms with Crippen molar-refractivity contribution in [2.75, 3.05) is 6.61 Å². The average Bonchev–Trinajstić information content (AvgIpc) is 2.48. The van der Waals surface area contributed by atoms with E-state index < -0.39 is 0 Å². The summed E-state index contributed by atoms with van der Waals surface area (Å²) in [6.07, 6.45) is -0.0296. The fraction of sp³-hybridized carbons (Fsp3) is 0.611. The van der Waals surface area contributed by atoms with E-state index >= 15 is 0 Å². The minimum absolute atomic E-state index is 0.0296. The van der Waals surface area contributed by atoms with Crippen molar-refractivity contribution in [3.05, 3.63) is 29.8 Å². The van der Waals surface area contributed by atoms with Crippen LogP contribution in [0.5, 0.6) is 0 Å². The normalized spacial score (nSPS) is 31.8. The standard InChI is InChI=1S/C18H26O3S/c1-11-6-8-16(9-7-11)22-18-14(4)12(2)13(3)17(21-18)10-20-15(5)19/h6-9,12-14,17-18H,10H2,1-5H3/t12-,13+,14?,17?,18-/m0/s1. The van der Waals surface area contributed by atoms with Crippen LogP contribution in [0.3, 0.4) is 0 Å². The Morgan fingerprint density at radius 3 is 2.36 bits per heavy atom. The number of esters is 1. The third-order valence-electron chi connectivity index (χ3n) is 4.71. The quantitative estimate of drug-likeness (QED) is 0.775. The van der Waals surface area contributed by atoms with Gasteiger partial charge in [0.05, 0.1) is 6.10 Å². The minimum Gasteiger partial charge on any atom is -0.463 e. The van der Waals surface area contributed by atoms with Crippen LogP contribution < -0.4 is 0 Å². The van der Waals surface area contributed by atoms with Crippen LogP contribution in [-0.4, -0.2) is 24.1 Å². The highest BCUT2D eigenvalue weighted by atomic mass is 32.2. The summed E-state index contributed by atoms with van der Waals surface area (Å²) in [4.78, 5) is 12.3. The summed E-state index contributed by atoms with van der Waals surface area (Å²) in [5.41, 5.74) is 1.35. The van der Waals surface area contributed by atoms with E-state index in [1.54, 1.807) is 11.8 Å². The van der Waals surface area contributed by atoms with Crippen LogP contribution in [-0.2, 0) is 14.3 Å². The van der Waals surface area contributed by atoms with Crippen molar-refractivity contribution in [1.82, 2.24) is 0 Å². The molecule has 3 nitrogen and oxygen atoms in total. The summed E-state index contributed by atoms with van der Waals surface area (Å²) in [7, 11) is 0. The van der Waals surface area contributed by atoms with Gasteiger partial charge in [-0.15, -0.1) is 0 Å². The molecule has 5 atom stereocenters. The molecule has 0 radical (unpaired) electrons. The highest BCUT2D eigenvalue weighted by molar-refractivity contribution is 7.99. The number of aryl methyl sites for hydroxylation is 1. The topological polar surface area (TPSA) is 35.5 Å². The zero-order valence-electron chi connectivity index (χ0n) is 14.0. The monoisotopic (exact) mass is 322 g/mol. The van der Waals surface area contributed by atoms with E-state index in [0.717, 1.165) is 0 Å². The third kappa shape index (κ3) is 4.26. The molecule has 1 saturated heterocycles. The van der Waals surface area contributed by atoms with Gasteiger partial charge in [-0.25, -0.2) is 0 Å². The molecule has 1 aliphatic rings. The second kappa shape index (κ2) is 7.51. The fourth-order valence-electron chi connectivity index (χ4n) is 2.76. The van der Waals surface area contributed by atoms with Gasteiger partial charge in [0.1, 0.15) is 12.0 Å². The molecule has 0 saturated carbocycles. The van der Waals surface area contributed by atoms with Gasteiger partial charge >= 0.3 is 5.97 Å². The maximum absolute atomic E-state index is 11.1. The van der Waals surface area contributed by atoms with Crippen molar-refractivity contribution in [3.63, 3.8) is 0 Å². The Hall–Kier alpha value is -1.00. The van der Waals surface area contributed by atoms with Gasteiger partial charge in [-0.3, -0.25) is 4.79 Å². The second-order valence-electron chi connectivity index (χ2n) is 6.35. The van der Waals surface area contributed by atoms with E-state index in [2.05, 4.69) is 52.0 Å². The van der Waals surface area contributed by atoms with Crippen LogP contribution in [0.2, 0.25) is 0 Å². The largest absolute Gasteiger partial charge is 0.463 e. The van der Waals surface area contributed by atoms with Gasteiger partial charge < -0.3 is 9.47 Å². The smallest absolute Gasteiger partial charge is 0.302 e. The number of carbonyl (C=O) groups excluding carboxylic acids is 1. The Bertz CT molecular complexity index is 500. The fourth-order valence-corrected chi connectivity index (χ4v) is 3.98.